The SMILES string of the molecule is CCOC(=O)C1(O)CCN(c2ccc([N+](=O)[O-])cc2)CC1. The molecule has 1 saturated heterocycles. The molecular formula is C14H18N2O5. The largest absolute Gasteiger partial charge is 0.464 e. The second kappa shape index (κ2) is 6.09. The van der Waals surface area contributed by atoms with Gasteiger partial charge in [0.1, 0.15) is 0 Å². The predicted octanol–water partition coefficient (Wildman–Crippen LogP) is 1.49. The van der Waals surface area contributed by atoms with Crippen LogP contribution in [0.1, 0.15) is 19.8 Å². The number of aliphatic hydroxyl groups is 1. The zero-order valence-electron chi connectivity index (χ0n) is 11.8. The molecule has 0 saturated carbocycles. The molecule has 114 valence electrons. The van der Waals surface area contributed by atoms with Gasteiger partial charge in [-0.3, -0.25) is 10.1 Å². The van der Waals surface area contributed by atoms with Gasteiger partial charge in [-0.25, -0.2) is 4.79 Å². The fourth-order valence-electron chi connectivity index (χ4n) is 2.39. The van der Waals surface area contributed by atoms with Crippen LogP contribution in [-0.2, 0) is 9.53 Å². The van der Waals surface area contributed by atoms with Crippen molar-refractivity contribution < 1.29 is 19.6 Å². The maximum Gasteiger partial charge on any atom is 0.338 e. The second-order valence-corrected chi connectivity index (χ2v) is 5.01. The van der Waals surface area contributed by atoms with E-state index in [4.69, 9.17) is 4.74 Å². The Bertz CT molecular complexity index is 521. The van der Waals surface area contributed by atoms with E-state index in [-0.39, 0.29) is 25.1 Å². The monoisotopic (exact) mass is 294 g/mol. The van der Waals surface area contributed by atoms with Crippen LogP contribution in [0.25, 0.3) is 0 Å². The van der Waals surface area contributed by atoms with E-state index in [0.29, 0.717) is 13.1 Å². The van der Waals surface area contributed by atoms with Gasteiger partial charge < -0.3 is 14.7 Å². The molecule has 2 rings (SSSR count). The van der Waals surface area contributed by atoms with Crippen molar-refractivity contribution in [1.29, 1.82) is 0 Å². The summed E-state index contributed by atoms with van der Waals surface area (Å²) >= 11 is 0. The Morgan fingerprint density at radius 2 is 1.95 bits per heavy atom. The number of carbonyl (C=O) groups excluding carboxylic acids is 1. The Kier molecular flexibility index (Phi) is 4.42. The molecule has 1 heterocycles. The number of nitro groups is 1. The predicted molar refractivity (Wildman–Crippen MR) is 76.1 cm³/mol. The molecular weight excluding hydrogens is 276 g/mol. The molecule has 0 amide bonds. The average Bonchev–Trinajstić information content (AvgIpc) is 2.48. The van der Waals surface area contributed by atoms with Crippen molar-refractivity contribution in [2.24, 2.45) is 0 Å². The molecule has 0 radical (unpaired) electrons. The van der Waals surface area contributed by atoms with E-state index in [0.717, 1.165) is 5.69 Å². The minimum absolute atomic E-state index is 0.0405. The highest BCUT2D eigenvalue weighted by atomic mass is 16.6. The van der Waals surface area contributed by atoms with Crippen LogP contribution in [0.15, 0.2) is 24.3 Å². The summed E-state index contributed by atoms with van der Waals surface area (Å²) in [4.78, 5) is 23.9. The lowest BCUT2D eigenvalue weighted by Gasteiger charge is -2.37. The highest BCUT2D eigenvalue weighted by Crippen LogP contribution is 2.28. The standard InChI is InChI=1S/C14H18N2O5/c1-2-21-13(17)14(18)7-9-15(10-8-14)11-3-5-12(6-4-11)16(19)20/h3-6,18H,2,7-10H2,1H3. The third-order valence-corrected chi connectivity index (χ3v) is 3.67. The lowest BCUT2D eigenvalue weighted by Crippen LogP contribution is -2.50. The molecule has 0 aliphatic carbocycles. The topological polar surface area (TPSA) is 92.9 Å². The van der Waals surface area contributed by atoms with Crippen molar-refractivity contribution >= 4 is 17.3 Å². The van der Waals surface area contributed by atoms with Gasteiger partial charge in [0.05, 0.1) is 11.5 Å². The number of esters is 1. The van der Waals surface area contributed by atoms with E-state index in [9.17, 15) is 20.0 Å². The summed E-state index contributed by atoms with van der Waals surface area (Å²) in [5, 5.41) is 20.9. The smallest absolute Gasteiger partial charge is 0.338 e. The van der Waals surface area contributed by atoms with E-state index in [1.807, 2.05) is 4.90 Å². The van der Waals surface area contributed by atoms with Gasteiger partial charge in [0.15, 0.2) is 5.60 Å². The zero-order valence-corrected chi connectivity index (χ0v) is 11.8. The summed E-state index contributed by atoms with van der Waals surface area (Å²) in [5.74, 6) is -0.576. The summed E-state index contributed by atoms with van der Waals surface area (Å²) in [5.41, 5.74) is -0.543. The molecule has 1 aromatic rings. The minimum atomic E-state index is -1.42. The third kappa shape index (κ3) is 3.30. The number of non-ortho nitro benzene ring substituents is 1. The summed E-state index contributed by atoms with van der Waals surface area (Å²) in [6.07, 6.45) is 0.561. The van der Waals surface area contributed by atoms with E-state index in [1.165, 1.54) is 12.1 Å². The van der Waals surface area contributed by atoms with Gasteiger partial charge in [-0.2, -0.15) is 0 Å². The molecule has 7 heteroatoms. The second-order valence-electron chi connectivity index (χ2n) is 5.01. The highest BCUT2D eigenvalue weighted by Gasteiger charge is 2.40. The Labute approximate surface area is 122 Å². The third-order valence-electron chi connectivity index (χ3n) is 3.67. The summed E-state index contributed by atoms with van der Waals surface area (Å²) < 4.78 is 4.88. The first-order valence-electron chi connectivity index (χ1n) is 6.85. The maximum atomic E-state index is 11.7. The number of nitro benzene ring substituents is 1. The van der Waals surface area contributed by atoms with Crippen LogP contribution in [0, 0.1) is 10.1 Å². The van der Waals surface area contributed by atoms with Crippen molar-refractivity contribution in [1.82, 2.24) is 0 Å². The molecule has 1 aliphatic rings. The van der Waals surface area contributed by atoms with Gasteiger partial charge in [-0.1, -0.05) is 0 Å². The van der Waals surface area contributed by atoms with Crippen LogP contribution < -0.4 is 4.90 Å². The van der Waals surface area contributed by atoms with Crippen molar-refractivity contribution in [3.8, 4) is 0 Å². The molecule has 1 N–H and O–H groups in total. The number of carbonyl (C=O) groups is 1. The van der Waals surface area contributed by atoms with Crippen LogP contribution in [0.2, 0.25) is 0 Å². The minimum Gasteiger partial charge on any atom is -0.464 e. The first-order valence-corrected chi connectivity index (χ1v) is 6.85. The Morgan fingerprint density at radius 3 is 2.43 bits per heavy atom. The van der Waals surface area contributed by atoms with Crippen LogP contribution in [0.3, 0.4) is 0 Å². The van der Waals surface area contributed by atoms with E-state index < -0.39 is 16.5 Å². The van der Waals surface area contributed by atoms with Gasteiger partial charge in [-0.05, 0) is 19.1 Å². The molecule has 21 heavy (non-hydrogen) atoms. The van der Waals surface area contributed by atoms with Crippen LogP contribution in [-0.4, -0.2) is 41.3 Å². The van der Waals surface area contributed by atoms with Crippen LogP contribution in [0.4, 0.5) is 11.4 Å². The molecule has 0 bridgehead atoms. The quantitative estimate of drug-likeness (QED) is 0.514. The van der Waals surface area contributed by atoms with Crippen molar-refractivity contribution in [2.45, 2.75) is 25.4 Å². The molecule has 0 atom stereocenters. The molecule has 7 nitrogen and oxygen atoms in total. The Hall–Kier alpha value is -2.15. The van der Waals surface area contributed by atoms with Gasteiger partial charge in [0.2, 0.25) is 0 Å². The maximum absolute atomic E-state index is 11.7. The van der Waals surface area contributed by atoms with Crippen molar-refractivity contribution in [2.75, 3.05) is 24.6 Å². The van der Waals surface area contributed by atoms with E-state index in [1.54, 1.807) is 19.1 Å². The number of hydrogen-bond donors (Lipinski definition) is 1. The van der Waals surface area contributed by atoms with Gasteiger partial charge in [0, 0.05) is 43.8 Å². The fourth-order valence-corrected chi connectivity index (χ4v) is 2.39. The molecule has 1 fully saturated rings. The lowest BCUT2D eigenvalue weighted by molar-refractivity contribution is -0.384. The number of benzene rings is 1. The Morgan fingerprint density at radius 1 is 1.38 bits per heavy atom. The summed E-state index contributed by atoms with van der Waals surface area (Å²) in [6.45, 7) is 2.93. The molecule has 1 aliphatic heterocycles. The van der Waals surface area contributed by atoms with Crippen molar-refractivity contribution in [3.63, 3.8) is 0 Å². The number of rotatable bonds is 4. The number of piperidine rings is 1. The number of hydrogen-bond acceptors (Lipinski definition) is 6. The molecule has 0 unspecified atom stereocenters. The first-order chi connectivity index (χ1) is 9.96. The summed E-state index contributed by atoms with van der Waals surface area (Å²) in [6, 6.07) is 6.24. The fraction of sp³-hybridized carbons (Fsp3) is 0.500. The normalized spacial score (nSPS) is 17.3. The number of anilines is 1. The van der Waals surface area contributed by atoms with Crippen LogP contribution in [0.5, 0.6) is 0 Å². The van der Waals surface area contributed by atoms with E-state index in [2.05, 4.69) is 0 Å². The van der Waals surface area contributed by atoms with Gasteiger partial charge in [0.25, 0.3) is 5.69 Å². The van der Waals surface area contributed by atoms with Crippen LogP contribution >= 0.6 is 0 Å². The Balaban J connectivity index is 2.00. The zero-order chi connectivity index (χ0) is 15.5. The number of nitrogens with zero attached hydrogens (tertiary/aromatic N) is 2. The highest BCUT2D eigenvalue weighted by molar-refractivity contribution is 5.79. The average molecular weight is 294 g/mol. The molecule has 0 spiro atoms. The van der Waals surface area contributed by atoms with E-state index >= 15 is 0 Å². The lowest BCUT2D eigenvalue weighted by atomic mass is 9.91. The van der Waals surface area contributed by atoms with Crippen molar-refractivity contribution in [3.05, 3.63) is 34.4 Å². The van der Waals surface area contributed by atoms with Gasteiger partial charge in [-0.15, -0.1) is 0 Å². The van der Waals surface area contributed by atoms with Gasteiger partial charge >= 0.3 is 5.97 Å². The first kappa shape index (κ1) is 15.2. The molecule has 1 aromatic carbocycles. The summed E-state index contributed by atoms with van der Waals surface area (Å²) in [7, 11) is 0. The number of ether oxygens (including phenoxy) is 1. The molecule has 0 aromatic heterocycles.